The fraction of sp³-hybridized carbons (Fsp3) is 0.500. The van der Waals surface area contributed by atoms with Gasteiger partial charge in [-0.1, -0.05) is 19.4 Å². The van der Waals surface area contributed by atoms with Crippen LogP contribution in [-0.4, -0.2) is 9.78 Å². The number of aromatic nitrogens is 2. The van der Waals surface area contributed by atoms with E-state index in [-0.39, 0.29) is 0 Å². The first kappa shape index (κ1) is 13.3. The first-order chi connectivity index (χ1) is 8.70. The summed E-state index contributed by atoms with van der Waals surface area (Å²) in [7, 11) is 1.97. The van der Waals surface area contributed by atoms with Gasteiger partial charge in [-0.3, -0.25) is 4.68 Å². The van der Waals surface area contributed by atoms with Crippen molar-refractivity contribution in [3.05, 3.63) is 39.8 Å². The number of hydrogen-bond acceptors (Lipinski definition) is 3. The molecule has 0 bridgehead atoms. The van der Waals surface area contributed by atoms with Gasteiger partial charge in [-0.2, -0.15) is 5.10 Å². The molecule has 0 aliphatic carbocycles. The maximum Gasteiger partial charge on any atom is 0.0638 e. The number of aryl methyl sites for hydroxylation is 2. The number of hydrogen-bond donors (Lipinski definition) is 1. The van der Waals surface area contributed by atoms with Crippen molar-refractivity contribution in [2.75, 3.05) is 0 Å². The van der Waals surface area contributed by atoms with E-state index in [1.165, 1.54) is 23.3 Å². The zero-order chi connectivity index (χ0) is 13.0. The van der Waals surface area contributed by atoms with E-state index in [2.05, 4.69) is 48.0 Å². The Kier molecular flexibility index (Phi) is 4.55. The quantitative estimate of drug-likeness (QED) is 0.865. The molecule has 4 heteroatoms. The molecule has 0 spiro atoms. The highest BCUT2D eigenvalue weighted by Gasteiger charge is 2.12. The van der Waals surface area contributed by atoms with E-state index in [0.717, 1.165) is 12.2 Å². The van der Waals surface area contributed by atoms with Crippen LogP contribution in [0.5, 0.6) is 0 Å². The van der Waals surface area contributed by atoms with Crippen LogP contribution in [0.2, 0.25) is 0 Å². The second kappa shape index (κ2) is 6.16. The van der Waals surface area contributed by atoms with Crippen LogP contribution in [0.3, 0.4) is 0 Å². The van der Waals surface area contributed by atoms with Crippen LogP contribution in [0.25, 0.3) is 0 Å². The summed E-state index contributed by atoms with van der Waals surface area (Å²) in [5.41, 5.74) is 2.40. The average molecular weight is 263 g/mol. The summed E-state index contributed by atoms with van der Waals surface area (Å²) in [6.07, 6.45) is 4.47. The summed E-state index contributed by atoms with van der Waals surface area (Å²) in [4.78, 5) is 1.43. The van der Waals surface area contributed by atoms with Crippen LogP contribution in [0.4, 0.5) is 0 Å². The second-order valence-electron chi connectivity index (χ2n) is 4.65. The first-order valence-corrected chi connectivity index (χ1v) is 7.34. The topological polar surface area (TPSA) is 29.9 Å². The van der Waals surface area contributed by atoms with Gasteiger partial charge in [-0.05, 0) is 24.8 Å². The molecule has 2 rings (SSSR count). The molecule has 2 aromatic rings. The van der Waals surface area contributed by atoms with E-state index in [0.29, 0.717) is 6.04 Å². The highest BCUT2D eigenvalue weighted by atomic mass is 32.1. The molecule has 1 unspecified atom stereocenters. The molecule has 0 aliphatic heterocycles. The minimum atomic E-state index is 0.467. The fourth-order valence-corrected chi connectivity index (χ4v) is 3.02. The van der Waals surface area contributed by atoms with E-state index < -0.39 is 0 Å². The van der Waals surface area contributed by atoms with E-state index in [4.69, 9.17) is 0 Å². The Balaban J connectivity index is 2.00. The Morgan fingerprint density at radius 2 is 2.33 bits per heavy atom. The monoisotopic (exact) mass is 263 g/mol. The van der Waals surface area contributed by atoms with Crippen molar-refractivity contribution in [1.29, 1.82) is 0 Å². The molecule has 98 valence electrons. The van der Waals surface area contributed by atoms with Gasteiger partial charge >= 0.3 is 0 Å². The summed E-state index contributed by atoms with van der Waals surface area (Å²) in [5, 5.41) is 10.2. The van der Waals surface area contributed by atoms with Crippen LogP contribution in [-0.2, 0) is 13.6 Å². The summed E-state index contributed by atoms with van der Waals surface area (Å²) < 4.78 is 1.88. The van der Waals surface area contributed by atoms with E-state index >= 15 is 0 Å². The minimum absolute atomic E-state index is 0.467. The molecule has 0 radical (unpaired) electrons. The van der Waals surface area contributed by atoms with E-state index in [1.54, 1.807) is 0 Å². The Hall–Kier alpha value is -1.13. The lowest BCUT2D eigenvalue weighted by Gasteiger charge is -2.16. The standard InChI is InChI=1S/C14H21N3S/c1-4-6-13(14-7-5-8-18-14)15-9-12-10-17(3)16-11(12)2/h5,7-8,10,13,15H,4,6,9H2,1-3H3. The average Bonchev–Trinajstić information content (AvgIpc) is 2.95. The lowest BCUT2D eigenvalue weighted by molar-refractivity contribution is 0.500. The predicted octanol–water partition coefficient (Wildman–Crippen LogP) is 3.42. The highest BCUT2D eigenvalue weighted by molar-refractivity contribution is 7.10. The third-order valence-corrected chi connectivity index (χ3v) is 4.10. The Morgan fingerprint density at radius 3 is 2.89 bits per heavy atom. The third kappa shape index (κ3) is 3.21. The van der Waals surface area contributed by atoms with Gasteiger partial charge in [0.15, 0.2) is 0 Å². The third-order valence-electron chi connectivity index (χ3n) is 3.12. The normalized spacial score (nSPS) is 12.8. The largest absolute Gasteiger partial charge is 0.305 e. The zero-order valence-corrected chi connectivity index (χ0v) is 12.1. The van der Waals surface area contributed by atoms with E-state index in [9.17, 15) is 0 Å². The lowest BCUT2D eigenvalue weighted by atomic mass is 10.1. The van der Waals surface area contributed by atoms with Crippen molar-refractivity contribution >= 4 is 11.3 Å². The summed E-state index contributed by atoms with van der Waals surface area (Å²) >= 11 is 1.83. The molecule has 3 nitrogen and oxygen atoms in total. The number of thiophene rings is 1. The molecule has 0 saturated carbocycles. The van der Waals surface area contributed by atoms with Gasteiger partial charge in [0.25, 0.3) is 0 Å². The number of nitrogens with zero attached hydrogens (tertiary/aromatic N) is 2. The Morgan fingerprint density at radius 1 is 1.50 bits per heavy atom. The summed E-state index contributed by atoms with van der Waals surface area (Å²) in [6.45, 7) is 5.19. The van der Waals surface area contributed by atoms with Gasteiger partial charge in [-0.25, -0.2) is 0 Å². The summed E-state index contributed by atoms with van der Waals surface area (Å²) in [5.74, 6) is 0. The molecule has 18 heavy (non-hydrogen) atoms. The first-order valence-electron chi connectivity index (χ1n) is 6.46. The van der Waals surface area contributed by atoms with Crippen molar-refractivity contribution in [2.24, 2.45) is 7.05 Å². The Bertz CT molecular complexity index is 473. The molecule has 0 amide bonds. The van der Waals surface area contributed by atoms with Crippen molar-refractivity contribution in [2.45, 2.75) is 39.3 Å². The van der Waals surface area contributed by atoms with Gasteiger partial charge in [-0.15, -0.1) is 11.3 Å². The van der Waals surface area contributed by atoms with Crippen molar-refractivity contribution < 1.29 is 0 Å². The molecule has 0 saturated heterocycles. The lowest BCUT2D eigenvalue weighted by Crippen LogP contribution is -2.20. The SMILES string of the molecule is CCCC(NCc1cn(C)nc1C)c1cccs1. The maximum absolute atomic E-state index is 4.38. The van der Waals surface area contributed by atoms with Gasteiger partial charge in [0.2, 0.25) is 0 Å². The molecule has 1 atom stereocenters. The molecule has 1 N–H and O–H groups in total. The second-order valence-corrected chi connectivity index (χ2v) is 5.63. The molecule has 0 aromatic carbocycles. The molecular weight excluding hydrogens is 242 g/mol. The van der Waals surface area contributed by atoms with Crippen LogP contribution in [0.1, 0.15) is 41.9 Å². The number of nitrogens with one attached hydrogen (secondary N) is 1. The van der Waals surface area contributed by atoms with Gasteiger partial charge in [0.1, 0.15) is 0 Å². The van der Waals surface area contributed by atoms with Gasteiger partial charge in [0, 0.05) is 36.3 Å². The Labute approximate surface area is 113 Å². The van der Waals surface area contributed by atoms with Gasteiger partial charge in [0.05, 0.1) is 5.69 Å². The van der Waals surface area contributed by atoms with E-state index in [1.807, 2.05) is 23.1 Å². The smallest absolute Gasteiger partial charge is 0.0638 e. The molecule has 0 fully saturated rings. The molecule has 2 aromatic heterocycles. The fourth-order valence-electron chi connectivity index (χ4n) is 2.18. The molecule has 0 aliphatic rings. The maximum atomic E-state index is 4.38. The van der Waals surface area contributed by atoms with Crippen LogP contribution >= 0.6 is 11.3 Å². The minimum Gasteiger partial charge on any atom is -0.305 e. The molecular formula is C14H21N3S. The predicted molar refractivity (Wildman–Crippen MR) is 76.8 cm³/mol. The number of rotatable bonds is 6. The van der Waals surface area contributed by atoms with Crippen molar-refractivity contribution in [1.82, 2.24) is 15.1 Å². The van der Waals surface area contributed by atoms with Crippen LogP contribution < -0.4 is 5.32 Å². The van der Waals surface area contributed by atoms with Crippen molar-refractivity contribution in [3.8, 4) is 0 Å². The highest BCUT2D eigenvalue weighted by Crippen LogP contribution is 2.23. The summed E-state index contributed by atoms with van der Waals surface area (Å²) in [6, 6.07) is 4.81. The molecule has 2 heterocycles. The van der Waals surface area contributed by atoms with Crippen molar-refractivity contribution in [3.63, 3.8) is 0 Å². The van der Waals surface area contributed by atoms with Gasteiger partial charge < -0.3 is 5.32 Å². The zero-order valence-electron chi connectivity index (χ0n) is 11.3. The van der Waals surface area contributed by atoms with Crippen LogP contribution in [0, 0.1) is 6.92 Å². The van der Waals surface area contributed by atoms with Crippen LogP contribution in [0.15, 0.2) is 23.7 Å².